The maximum Gasteiger partial charge on any atom is 0.410 e. The first-order valence-corrected chi connectivity index (χ1v) is 4.10. The molecule has 0 saturated carbocycles. The molecule has 0 aliphatic carbocycles. The molecule has 1 amide bonds. The molecule has 0 aromatic rings. The summed E-state index contributed by atoms with van der Waals surface area (Å²) in [4.78, 5) is 14.7. The minimum absolute atomic E-state index is 0.0116. The number of ether oxygens (including phenoxy) is 1. The topological polar surface area (TPSA) is 32.8 Å². The van der Waals surface area contributed by atoms with Gasteiger partial charge in [0.2, 0.25) is 0 Å². The molecular formula is C8H16N2O2. The summed E-state index contributed by atoms with van der Waals surface area (Å²) in [6.45, 7) is 2.79. The van der Waals surface area contributed by atoms with E-state index >= 15 is 0 Å². The maximum atomic E-state index is 11.1. The van der Waals surface area contributed by atoms with Crippen LogP contribution >= 0.6 is 0 Å². The predicted molar refractivity (Wildman–Crippen MR) is 46.0 cm³/mol. The van der Waals surface area contributed by atoms with Crippen LogP contribution in [0.3, 0.4) is 0 Å². The average molecular weight is 172 g/mol. The van der Waals surface area contributed by atoms with E-state index < -0.39 is 0 Å². The smallest absolute Gasteiger partial charge is 0.410 e. The van der Waals surface area contributed by atoms with Gasteiger partial charge in [-0.1, -0.05) is 0 Å². The van der Waals surface area contributed by atoms with Crippen molar-refractivity contribution < 1.29 is 9.53 Å². The Morgan fingerprint density at radius 3 is 2.50 bits per heavy atom. The van der Waals surface area contributed by atoms with Gasteiger partial charge in [-0.15, -0.1) is 0 Å². The molecule has 0 radical (unpaired) electrons. The van der Waals surface area contributed by atoms with E-state index in [0.29, 0.717) is 0 Å². The molecule has 2 unspecified atom stereocenters. The van der Waals surface area contributed by atoms with Crippen molar-refractivity contribution in [2.24, 2.45) is 0 Å². The number of nitrogens with zero attached hydrogens (tertiary/aromatic N) is 2. The summed E-state index contributed by atoms with van der Waals surface area (Å²) < 4.78 is 5.14. The van der Waals surface area contributed by atoms with Crippen LogP contribution in [0.4, 0.5) is 4.79 Å². The SMILES string of the molecule is CC1C(CN(C)C)OC(=O)N1C. The molecule has 70 valence electrons. The molecule has 1 aliphatic heterocycles. The maximum absolute atomic E-state index is 11.1. The molecular weight excluding hydrogens is 156 g/mol. The molecule has 1 aliphatic rings. The van der Waals surface area contributed by atoms with Crippen molar-refractivity contribution in [1.29, 1.82) is 0 Å². The number of rotatable bonds is 2. The van der Waals surface area contributed by atoms with Gasteiger partial charge in [-0.3, -0.25) is 0 Å². The first-order valence-electron chi connectivity index (χ1n) is 4.10. The summed E-state index contributed by atoms with van der Waals surface area (Å²) >= 11 is 0. The van der Waals surface area contributed by atoms with Crippen molar-refractivity contribution in [2.75, 3.05) is 27.7 Å². The van der Waals surface area contributed by atoms with Gasteiger partial charge in [0.15, 0.2) is 0 Å². The molecule has 0 aromatic carbocycles. The van der Waals surface area contributed by atoms with Crippen LogP contribution in [0.5, 0.6) is 0 Å². The van der Waals surface area contributed by atoms with Gasteiger partial charge >= 0.3 is 6.09 Å². The van der Waals surface area contributed by atoms with Crippen LogP contribution in [0.1, 0.15) is 6.92 Å². The molecule has 1 saturated heterocycles. The summed E-state index contributed by atoms with van der Waals surface area (Å²) in [5, 5.41) is 0. The van der Waals surface area contributed by atoms with Crippen LogP contribution in [0.25, 0.3) is 0 Å². The molecule has 4 heteroatoms. The minimum atomic E-state index is -0.214. The highest BCUT2D eigenvalue weighted by molar-refractivity contribution is 5.70. The number of likely N-dealkylation sites (N-methyl/N-ethyl adjacent to an activating group) is 2. The van der Waals surface area contributed by atoms with E-state index in [4.69, 9.17) is 4.74 Å². The molecule has 0 bridgehead atoms. The first-order chi connectivity index (χ1) is 5.52. The zero-order valence-corrected chi connectivity index (χ0v) is 8.07. The van der Waals surface area contributed by atoms with Crippen molar-refractivity contribution in [3.05, 3.63) is 0 Å². The molecule has 0 N–H and O–H groups in total. The van der Waals surface area contributed by atoms with Gasteiger partial charge in [-0.05, 0) is 21.0 Å². The van der Waals surface area contributed by atoms with Crippen LogP contribution < -0.4 is 0 Å². The molecule has 1 rings (SSSR count). The fourth-order valence-corrected chi connectivity index (χ4v) is 1.28. The summed E-state index contributed by atoms with van der Waals surface area (Å²) in [7, 11) is 5.71. The lowest BCUT2D eigenvalue weighted by Gasteiger charge is -2.19. The lowest BCUT2D eigenvalue weighted by molar-refractivity contribution is 0.113. The quantitative estimate of drug-likeness (QED) is 0.604. The Balaban J connectivity index is 2.53. The molecule has 0 aromatic heterocycles. The highest BCUT2D eigenvalue weighted by Crippen LogP contribution is 2.17. The van der Waals surface area contributed by atoms with E-state index in [1.807, 2.05) is 25.9 Å². The van der Waals surface area contributed by atoms with E-state index in [0.717, 1.165) is 6.54 Å². The second-order valence-corrected chi connectivity index (χ2v) is 3.54. The van der Waals surface area contributed by atoms with E-state index in [9.17, 15) is 4.79 Å². The third-order valence-corrected chi connectivity index (χ3v) is 2.23. The second kappa shape index (κ2) is 3.31. The summed E-state index contributed by atoms with van der Waals surface area (Å²) in [5.41, 5.74) is 0. The Kier molecular flexibility index (Phi) is 2.57. The van der Waals surface area contributed by atoms with Gasteiger partial charge < -0.3 is 14.5 Å². The van der Waals surface area contributed by atoms with Gasteiger partial charge in [0.1, 0.15) is 6.10 Å². The number of carbonyl (C=O) groups is 1. The Hall–Kier alpha value is -0.770. The number of carbonyl (C=O) groups excluding carboxylic acids is 1. The Bertz CT molecular complexity index is 182. The average Bonchev–Trinajstić information content (AvgIpc) is 2.17. The van der Waals surface area contributed by atoms with Crippen molar-refractivity contribution >= 4 is 6.09 Å². The number of amides is 1. The monoisotopic (exact) mass is 172 g/mol. The largest absolute Gasteiger partial charge is 0.443 e. The Morgan fingerprint density at radius 2 is 2.17 bits per heavy atom. The van der Waals surface area contributed by atoms with Crippen LogP contribution in [-0.4, -0.2) is 55.7 Å². The fourth-order valence-electron chi connectivity index (χ4n) is 1.28. The molecule has 4 nitrogen and oxygen atoms in total. The van der Waals surface area contributed by atoms with Crippen molar-refractivity contribution in [1.82, 2.24) is 9.80 Å². The number of hydrogen-bond acceptors (Lipinski definition) is 3. The van der Waals surface area contributed by atoms with E-state index in [-0.39, 0.29) is 18.2 Å². The first kappa shape index (κ1) is 9.32. The van der Waals surface area contributed by atoms with Crippen molar-refractivity contribution in [2.45, 2.75) is 19.1 Å². The number of hydrogen-bond donors (Lipinski definition) is 0. The zero-order valence-electron chi connectivity index (χ0n) is 8.07. The van der Waals surface area contributed by atoms with Crippen molar-refractivity contribution in [3.63, 3.8) is 0 Å². The zero-order chi connectivity index (χ0) is 9.30. The lowest BCUT2D eigenvalue weighted by Crippen LogP contribution is -2.36. The van der Waals surface area contributed by atoms with Crippen LogP contribution in [-0.2, 0) is 4.74 Å². The summed E-state index contributed by atoms with van der Waals surface area (Å²) in [6.07, 6.45) is -0.202. The van der Waals surface area contributed by atoms with Gasteiger partial charge in [-0.2, -0.15) is 0 Å². The van der Waals surface area contributed by atoms with Crippen LogP contribution in [0, 0.1) is 0 Å². The second-order valence-electron chi connectivity index (χ2n) is 3.54. The van der Waals surface area contributed by atoms with Gasteiger partial charge in [0, 0.05) is 13.6 Å². The Labute approximate surface area is 73.1 Å². The number of cyclic esters (lactones) is 1. The third kappa shape index (κ3) is 1.69. The van der Waals surface area contributed by atoms with E-state index in [2.05, 4.69) is 0 Å². The minimum Gasteiger partial charge on any atom is -0.443 e. The van der Waals surface area contributed by atoms with Crippen molar-refractivity contribution in [3.8, 4) is 0 Å². The third-order valence-electron chi connectivity index (χ3n) is 2.23. The van der Waals surface area contributed by atoms with E-state index in [1.165, 1.54) is 0 Å². The van der Waals surface area contributed by atoms with Gasteiger partial charge in [0.05, 0.1) is 6.04 Å². The van der Waals surface area contributed by atoms with Crippen LogP contribution in [0.2, 0.25) is 0 Å². The highest BCUT2D eigenvalue weighted by Gasteiger charge is 2.35. The Morgan fingerprint density at radius 1 is 1.58 bits per heavy atom. The molecule has 0 spiro atoms. The highest BCUT2D eigenvalue weighted by atomic mass is 16.6. The molecule has 12 heavy (non-hydrogen) atoms. The molecule has 1 heterocycles. The summed E-state index contributed by atoms with van der Waals surface area (Å²) in [5.74, 6) is 0. The normalized spacial score (nSPS) is 29.8. The van der Waals surface area contributed by atoms with Gasteiger partial charge in [0.25, 0.3) is 0 Å². The lowest BCUT2D eigenvalue weighted by atomic mass is 10.2. The predicted octanol–water partition coefficient (Wildman–Crippen LogP) is 0.387. The standard InChI is InChI=1S/C8H16N2O2/c1-6-7(5-9(2)3)12-8(11)10(6)4/h6-7H,5H2,1-4H3. The fraction of sp³-hybridized carbons (Fsp3) is 0.875. The molecule has 2 atom stereocenters. The summed E-state index contributed by atoms with van der Waals surface area (Å²) in [6, 6.07) is 0.180. The van der Waals surface area contributed by atoms with Crippen LogP contribution in [0.15, 0.2) is 0 Å². The molecule has 1 fully saturated rings. The van der Waals surface area contributed by atoms with E-state index in [1.54, 1.807) is 11.9 Å². The van der Waals surface area contributed by atoms with Gasteiger partial charge in [-0.25, -0.2) is 4.79 Å².